The van der Waals surface area contributed by atoms with Gasteiger partial charge in [-0.05, 0) is 51.6 Å². The van der Waals surface area contributed by atoms with Crippen LogP contribution in [0.25, 0.3) is 10.2 Å². The molecule has 0 bridgehead atoms. The number of aryl methyl sites for hydroxylation is 1. The molecule has 8 heteroatoms. The van der Waals surface area contributed by atoms with Crippen LogP contribution in [-0.4, -0.2) is 42.0 Å². The lowest BCUT2D eigenvalue weighted by atomic mass is 10.3. The van der Waals surface area contributed by atoms with Crippen LogP contribution in [0.1, 0.15) is 40.1 Å². The number of aromatic nitrogens is 1. The molecule has 0 saturated heterocycles. The highest BCUT2D eigenvalue weighted by molar-refractivity contribution is 7.18. The van der Waals surface area contributed by atoms with Gasteiger partial charge in [-0.15, -0.1) is 22.7 Å². The molecule has 1 unspecified atom stereocenters. The molecule has 6 nitrogen and oxygen atoms in total. The number of nitrogens with zero attached hydrogens (tertiary/aromatic N) is 2. The molecule has 0 spiro atoms. The third-order valence-electron chi connectivity index (χ3n) is 4.36. The monoisotopic (exact) mass is 417 g/mol. The average molecular weight is 418 g/mol. The molecule has 0 aliphatic heterocycles. The number of likely N-dealkylation sites (N-methyl/N-ethyl adjacent to an activating group) is 1. The summed E-state index contributed by atoms with van der Waals surface area (Å²) in [5.41, 5.74) is 1.78. The van der Waals surface area contributed by atoms with Gasteiger partial charge in [-0.25, -0.2) is 9.78 Å². The zero-order valence-corrected chi connectivity index (χ0v) is 17.9. The number of benzene rings is 1. The first-order chi connectivity index (χ1) is 13.4. The first-order valence-corrected chi connectivity index (χ1v) is 10.7. The Morgan fingerprint density at radius 2 is 2.04 bits per heavy atom. The smallest absolute Gasteiger partial charge is 0.348 e. The fraction of sp³-hybridized carbons (Fsp3) is 0.350. The maximum atomic E-state index is 12.5. The molecule has 0 saturated carbocycles. The van der Waals surface area contributed by atoms with E-state index in [0.717, 1.165) is 20.8 Å². The van der Waals surface area contributed by atoms with Crippen molar-refractivity contribution in [1.82, 2.24) is 9.88 Å². The Balaban J connectivity index is 1.62. The number of thiophene rings is 1. The number of rotatable bonds is 7. The molecule has 0 aliphatic rings. The summed E-state index contributed by atoms with van der Waals surface area (Å²) in [6.07, 6.45) is 0. The minimum Gasteiger partial charge on any atom is -0.462 e. The maximum absolute atomic E-state index is 12.5. The van der Waals surface area contributed by atoms with E-state index in [-0.39, 0.29) is 24.5 Å². The number of thiazole rings is 1. The van der Waals surface area contributed by atoms with Crippen LogP contribution in [0.4, 0.5) is 5.00 Å². The molecule has 0 aliphatic carbocycles. The molecule has 1 atom stereocenters. The van der Waals surface area contributed by atoms with Gasteiger partial charge in [-0.3, -0.25) is 9.69 Å². The predicted molar refractivity (Wildman–Crippen MR) is 114 cm³/mol. The van der Waals surface area contributed by atoms with Crippen LogP contribution in [0.5, 0.6) is 0 Å². The summed E-state index contributed by atoms with van der Waals surface area (Å²) in [5.74, 6) is -0.487. The second-order valence-corrected chi connectivity index (χ2v) is 8.62. The minimum absolute atomic E-state index is 0.0170. The Morgan fingerprint density at radius 3 is 2.75 bits per heavy atom. The third kappa shape index (κ3) is 4.57. The van der Waals surface area contributed by atoms with Crippen LogP contribution in [0, 0.1) is 6.92 Å². The van der Waals surface area contributed by atoms with Gasteiger partial charge < -0.3 is 10.1 Å². The summed E-state index contributed by atoms with van der Waals surface area (Å²) in [6, 6.07) is 9.83. The quantitative estimate of drug-likeness (QED) is 0.574. The van der Waals surface area contributed by atoms with Crippen molar-refractivity contribution in [2.75, 3.05) is 25.5 Å². The van der Waals surface area contributed by atoms with Crippen molar-refractivity contribution in [2.24, 2.45) is 0 Å². The minimum atomic E-state index is -0.355. The Kier molecular flexibility index (Phi) is 6.43. The largest absolute Gasteiger partial charge is 0.462 e. The number of fused-ring (bicyclic) bond motifs is 1. The molecule has 3 aromatic rings. The van der Waals surface area contributed by atoms with E-state index in [4.69, 9.17) is 4.74 Å². The van der Waals surface area contributed by atoms with Crippen LogP contribution in [0.3, 0.4) is 0 Å². The number of para-hydroxylation sites is 1. The lowest BCUT2D eigenvalue weighted by Gasteiger charge is -2.22. The van der Waals surface area contributed by atoms with Gasteiger partial charge in [0, 0.05) is 0 Å². The molecule has 148 valence electrons. The molecular weight excluding hydrogens is 394 g/mol. The van der Waals surface area contributed by atoms with Gasteiger partial charge in [-0.1, -0.05) is 12.1 Å². The fourth-order valence-corrected chi connectivity index (χ4v) is 4.81. The molecular formula is C20H23N3O3S2. The summed E-state index contributed by atoms with van der Waals surface area (Å²) in [6.45, 7) is 6.19. The van der Waals surface area contributed by atoms with Crippen molar-refractivity contribution >= 4 is 49.8 Å². The molecule has 1 N–H and O–H groups in total. The van der Waals surface area contributed by atoms with Crippen LogP contribution in [0.15, 0.2) is 30.3 Å². The summed E-state index contributed by atoms with van der Waals surface area (Å²) in [5, 5.41) is 4.50. The number of nitrogens with one attached hydrogen (secondary N) is 1. The van der Waals surface area contributed by atoms with E-state index in [1.54, 1.807) is 24.3 Å². The number of esters is 1. The molecule has 1 amide bonds. The van der Waals surface area contributed by atoms with Crippen molar-refractivity contribution < 1.29 is 14.3 Å². The highest BCUT2D eigenvalue weighted by Gasteiger charge is 2.20. The van der Waals surface area contributed by atoms with Gasteiger partial charge in [0.05, 0.1) is 34.4 Å². The zero-order chi connectivity index (χ0) is 20.3. The number of hydrogen-bond donors (Lipinski definition) is 1. The number of amides is 1. The first-order valence-electron chi connectivity index (χ1n) is 9.02. The van der Waals surface area contributed by atoms with Gasteiger partial charge in [0.25, 0.3) is 0 Å². The van der Waals surface area contributed by atoms with E-state index in [1.165, 1.54) is 11.3 Å². The van der Waals surface area contributed by atoms with E-state index >= 15 is 0 Å². The van der Waals surface area contributed by atoms with Gasteiger partial charge in [0.2, 0.25) is 5.91 Å². The second kappa shape index (κ2) is 8.81. The second-order valence-electron chi connectivity index (χ2n) is 6.50. The maximum Gasteiger partial charge on any atom is 0.348 e. The number of anilines is 1. The van der Waals surface area contributed by atoms with Crippen LogP contribution in [0.2, 0.25) is 0 Å². The zero-order valence-electron chi connectivity index (χ0n) is 16.3. The number of ether oxygens (including phenoxy) is 1. The third-order valence-corrected chi connectivity index (χ3v) is 6.70. The van der Waals surface area contributed by atoms with Crippen molar-refractivity contribution in [1.29, 1.82) is 0 Å². The van der Waals surface area contributed by atoms with E-state index in [0.29, 0.717) is 16.5 Å². The lowest BCUT2D eigenvalue weighted by Crippen LogP contribution is -2.32. The summed E-state index contributed by atoms with van der Waals surface area (Å²) in [7, 11) is 1.90. The highest BCUT2D eigenvalue weighted by Crippen LogP contribution is 2.29. The number of hydrogen-bond acceptors (Lipinski definition) is 7. The highest BCUT2D eigenvalue weighted by atomic mass is 32.1. The Bertz CT molecular complexity index is 963. The van der Waals surface area contributed by atoms with Crippen LogP contribution in [-0.2, 0) is 9.53 Å². The molecule has 0 fully saturated rings. The number of carbonyl (C=O) groups excluding carboxylic acids is 2. The van der Waals surface area contributed by atoms with Crippen molar-refractivity contribution in [3.8, 4) is 0 Å². The fourth-order valence-electron chi connectivity index (χ4n) is 2.74. The van der Waals surface area contributed by atoms with E-state index in [1.807, 2.05) is 44.0 Å². The summed E-state index contributed by atoms with van der Waals surface area (Å²) >= 11 is 2.88. The van der Waals surface area contributed by atoms with Gasteiger partial charge in [-0.2, -0.15) is 0 Å². The van der Waals surface area contributed by atoms with Gasteiger partial charge in [0.15, 0.2) is 0 Å². The molecule has 0 radical (unpaired) electrons. The average Bonchev–Trinajstić information content (AvgIpc) is 3.24. The molecule has 2 heterocycles. The number of carbonyl (C=O) groups is 2. The summed E-state index contributed by atoms with van der Waals surface area (Å²) in [4.78, 5) is 31.5. The van der Waals surface area contributed by atoms with Gasteiger partial charge >= 0.3 is 5.97 Å². The Morgan fingerprint density at radius 1 is 1.29 bits per heavy atom. The van der Waals surface area contributed by atoms with E-state index in [2.05, 4.69) is 16.4 Å². The van der Waals surface area contributed by atoms with E-state index < -0.39 is 0 Å². The van der Waals surface area contributed by atoms with Crippen molar-refractivity contribution in [3.05, 3.63) is 45.8 Å². The van der Waals surface area contributed by atoms with E-state index in [9.17, 15) is 9.59 Å². The van der Waals surface area contributed by atoms with Crippen molar-refractivity contribution in [2.45, 2.75) is 26.8 Å². The standard InChI is InChI=1S/C20H23N3O3S2/c1-5-26-20(25)18-12(2)10-17(28-18)22-16(24)11-23(4)13(3)19-21-14-8-6-7-9-15(14)27-19/h6-10,13H,5,11H2,1-4H3,(H,22,24). The summed E-state index contributed by atoms with van der Waals surface area (Å²) < 4.78 is 6.18. The molecule has 1 aromatic carbocycles. The molecule has 28 heavy (non-hydrogen) atoms. The predicted octanol–water partition coefficient (Wildman–Crippen LogP) is 4.47. The lowest BCUT2D eigenvalue weighted by molar-refractivity contribution is -0.117. The van der Waals surface area contributed by atoms with Crippen LogP contribution < -0.4 is 5.32 Å². The Labute approximate surface area is 172 Å². The normalized spacial score (nSPS) is 12.3. The van der Waals surface area contributed by atoms with Gasteiger partial charge in [0.1, 0.15) is 9.88 Å². The SMILES string of the molecule is CCOC(=O)c1sc(NC(=O)CN(C)C(C)c2nc3ccccc3s2)cc1C. The first kappa shape index (κ1) is 20.4. The molecule has 2 aromatic heterocycles. The van der Waals surface area contributed by atoms with Crippen molar-refractivity contribution in [3.63, 3.8) is 0 Å². The topological polar surface area (TPSA) is 71.5 Å². The Hall–Kier alpha value is -2.29. The van der Waals surface area contributed by atoms with Crippen LogP contribution >= 0.6 is 22.7 Å². The molecule has 3 rings (SSSR count).